The largest absolute Gasteiger partial charge is 0.491 e. The average Bonchev–Trinajstić information content (AvgIpc) is 3.26. The lowest BCUT2D eigenvalue weighted by molar-refractivity contribution is -0.117. The highest BCUT2D eigenvalue weighted by molar-refractivity contribution is 6.13. The van der Waals surface area contributed by atoms with E-state index < -0.39 is 0 Å². The minimum absolute atomic E-state index is 0.0117. The van der Waals surface area contributed by atoms with Crippen LogP contribution in [0.4, 0.5) is 5.69 Å². The third kappa shape index (κ3) is 5.09. The minimum atomic E-state index is -0.144. The summed E-state index contributed by atoms with van der Waals surface area (Å²) >= 11 is 0. The Labute approximate surface area is 215 Å². The number of hydrogen-bond acceptors (Lipinski definition) is 3. The van der Waals surface area contributed by atoms with E-state index in [-0.39, 0.29) is 23.0 Å². The molecule has 3 aromatic carbocycles. The topological polar surface area (TPSA) is 55.4 Å². The van der Waals surface area contributed by atoms with Gasteiger partial charge in [-0.15, -0.1) is 0 Å². The minimum Gasteiger partial charge on any atom is -0.491 e. The van der Waals surface area contributed by atoms with Crippen LogP contribution in [-0.2, 0) is 4.79 Å². The molecule has 1 atom stereocenters. The van der Waals surface area contributed by atoms with Crippen LogP contribution < -0.4 is 10.1 Å². The summed E-state index contributed by atoms with van der Waals surface area (Å²) in [5.74, 6) is 0.943. The molecule has 0 aliphatic carbocycles. The van der Waals surface area contributed by atoms with Crippen LogP contribution in [0.25, 0.3) is 0 Å². The van der Waals surface area contributed by atoms with Crippen molar-refractivity contribution in [2.24, 2.45) is 5.41 Å². The van der Waals surface area contributed by atoms with Gasteiger partial charge in [0.1, 0.15) is 5.75 Å². The van der Waals surface area contributed by atoms with Gasteiger partial charge in [0, 0.05) is 29.2 Å². The summed E-state index contributed by atoms with van der Waals surface area (Å²) in [5.41, 5.74) is 6.85. The van der Waals surface area contributed by atoms with Gasteiger partial charge in [0.25, 0.3) is 0 Å². The predicted molar refractivity (Wildman–Crippen MR) is 146 cm³/mol. The molecule has 4 heteroatoms. The molecule has 1 aliphatic rings. The van der Waals surface area contributed by atoms with E-state index in [1.54, 1.807) is 0 Å². The monoisotopic (exact) mass is 483 g/mol. The van der Waals surface area contributed by atoms with Gasteiger partial charge >= 0.3 is 0 Å². The van der Waals surface area contributed by atoms with Gasteiger partial charge in [0.15, 0.2) is 5.78 Å². The summed E-state index contributed by atoms with van der Waals surface area (Å²) in [6.45, 7) is 14.9. The van der Waals surface area contributed by atoms with Gasteiger partial charge in [-0.3, -0.25) is 9.59 Å². The van der Waals surface area contributed by atoms with E-state index in [2.05, 4.69) is 43.4 Å². The third-order valence-electron chi connectivity index (χ3n) is 6.97. The van der Waals surface area contributed by atoms with Crippen LogP contribution >= 0.6 is 0 Å². The standard InChI is InChI=1S/C32H37NO3/c1-19(2)22-13-15-23(16-14-22)25-18-36-31-27(25)20(3)29(33-26(34)17-32(5,6)7)21(4)28(31)30(35)24-11-9-8-10-12-24/h8-16,19,25H,17-18H2,1-7H3,(H,33,34)/t25-/m1/s1. The van der Waals surface area contributed by atoms with E-state index in [0.29, 0.717) is 35.8 Å². The van der Waals surface area contributed by atoms with Gasteiger partial charge in [-0.1, -0.05) is 89.2 Å². The lowest BCUT2D eigenvalue weighted by Gasteiger charge is -2.23. The number of ether oxygens (including phenoxy) is 1. The van der Waals surface area contributed by atoms with E-state index in [9.17, 15) is 9.59 Å². The Morgan fingerprint density at radius 1 is 0.972 bits per heavy atom. The molecule has 3 aromatic rings. The van der Waals surface area contributed by atoms with Crippen molar-refractivity contribution in [3.05, 3.63) is 93.5 Å². The molecule has 4 rings (SSSR count). The quantitative estimate of drug-likeness (QED) is 0.368. The molecule has 0 radical (unpaired) electrons. The second kappa shape index (κ2) is 9.93. The molecule has 0 bridgehead atoms. The van der Waals surface area contributed by atoms with Gasteiger partial charge in [-0.05, 0) is 47.4 Å². The number of ketones is 1. The predicted octanol–water partition coefficient (Wildman–Crippen LogP) is 7.56. The fourth-order valence-corrected chi connectivity index (χ4v) is 5.07. The van der Waals surface area contributed by atoms with Crippen molar-refractivity contribution >= 4 is 17.4 Å². The summed E-state index contributed by atoms with van der Waals surface area (Å²) in [5, 5.41) is 3.16. The zero-order valence-corrected chi connectivity index (χ0v) is 22.5. The Bertz CT molecular complexity index is 1280. The van der Waals surface area contributed by atoms with Gasteiger partial charge < -0.3 is 10.1 Å². The van der Waals surface area contributed by atoms with Crippen LogP contribution in [0.5, 0.6) is 5.75 Å². The fourth-order valence-electron chi connectivity index (χ4n) is 5.07. The highest BCUT2D eigenvalue weighted by atomic mass is 16.5. The van der Waals surface area contributed by atoms with Crippen LogP contribution in [0.3, 0.4) is 0 Å². The number of amides is 1. The zero-order chi connectivity index (χ0) is 26.2. The van der Waals surface area contributed by atoms with Crippen LogP contribution in [0.2, 0.25) is 0 Å². The summed E-state index contributed by atoms with van der Waals surface area (Å²) in [7, 11) is 0. The van der Waals surface area contributed by atoms with E-state index in [4.69, 9.17) is 4.74 Å². The second-order valence-corrected chi connectivity index (χ2v) is 11.4. The molecule has 0 saturated carbocycles. The smallest absolute Gasteiger partial charge is 0.224 e. The second-order valence-electron chi connectivity index (χ2n) is 11.4. The molecule has 188 valence electrons. The van der Waals surface area contributed by atoms with Gasteiger partial charge in [0.05, 0.1) is 12.2 Å². The third-order valence-corrected chi connectivity index (χ3v) is 6.97. The number of benzene rings is 3. The Morgan fingerprint density at radius 3 is 2.19 bits per heavy atom. The van der Waals surface area contributed by atoms with E-state index >= 15 is 0 Å². The average molecular weight is 484 g/mol. The number of carbonyl (C=O) groups is 2. The summed E-state index contributed by atoms with van der Waals surface area (Å²) in [4.78, 5) is 26.8. The first-order chi connectivity index (χ1) is 17.0. The number of carbonyl (C=O) groups excluding carboxylic acids is 2. The molecule has 1 N–H and O–H groups in total. The summed E-state index contributed by atoms with van der Waals surface area (Å²) < 4.78 is 6.29. The van der Waals surface area contributed by atoms with Crippen LogP contribution in [0, 0.1) is 19.3 Å². The van der Waals surface area contributed by atoms with Crippen molar-refractivity contribution in [3.8, 4) is 5.75 Å². The van der Waals surface area contributed by atoms with Crippen LogP contribution in [-0.4, -0.2) is 18.3 Å². The van der Waals surface area contributed by atoms with Crippen molar-refractivity contribution in [2.75, 3.05) is 11.9 Å². The van der Waals surface area contributed by atoms with Crippen molar-refractivity contribution in [1.82, 2.24) is 0 Å². The number of nitrogens with one attached hydrogen (secondary N) is 1. The molecule has 0 fully saturated rings. The first-order valence-electron chi connectivity index (χ1n) is 12.8. The van der Waals surface area contributed by atoms with Crippen molar-refractivity contribution in [1.29, 1.82) is 0 Å². The Balaban J connectivity index is 1.87. The zero-order valence-electron chi connectivity index (χ0n) is 22.5. The van der Waals surface area contributed by atoms with Crippen LogP contribution in [0.15, 0.2) is 54.6 Å². The maximum Gasteiger partial charge on any atom is 0.224 e. The molecular weight excluding hydrogens is 446 g/mol. The van der Waals surface area contributed by atoms with Gasteiger partial charge in [0.2, 0.25) is 5.91 Å². The fraction of sp³-hybridized carbons (Fsp3) is 0.375. The maximum atomic E-state index is 13.8. The normalized spacial score (nSPS) is 14.9. The first kappa shape index (κ1) is 25.7. The van der Waals surface area contributed by atoms with E-state index in [1.165, 1.54) is 5.56 Å². The van der Waals surface area contributed by atoms with Crippen molar-refractivity contribution in [3.63, 3.8) is 0 Å². The molecule has 0 aromatic heterocycles. The molecule has 4 nitrogen and oxygen atoms in total. The molecule has 36 heavy (non-hydrogen) atoms. The Morgan fingerprint density at radius 2 is 1.61 bits per heavy atom. The van der Waals surface area contributed by atoms with E-state index in [0.717, 1.165) is 27.9 Å². The van der Waals surface area contributed by atoms with Crippen molar-refractivity contribution < 1.29 is 14.3 Å². The molecule has 1 heterocycles. The highest BCUT2D eigenvalue weighted by Gasteiger charge is 2.35. The molecule has 0 unspecified atom stereocenters. The van der Waals surface area contributed by atoms with Crippen molar-refractivity contribution in [2.45, 2.75) is 66.7 Å². The molecular formula is C32H37NO3. The summed E-state index contributed by atoms with van der Waals surface area (Å²) in [6, 6.07) is 17.9. The molecule has 1 aliphatic heterocycles. The lowest BCUT2D eigenvalue weighted by Crippen LogP contribution is -2.22. The van der Waals surface area contributed by atoms with Crippen LogP contribution in [0.1, 0.15) is 96.6 Å². The summed E-state index contributed by atoms with van der Waals surface area (Å²) in [6.07, 6.45) is 0.390. The highest BCUT2D eigenvalue weighted by Crippen LogP contribution is 2.48. The Kier molecular flexibility index (Phi) is 7.08. The SMILES string of the molecule is Cc1c(NC(=O)CC(C)(C)C)c(C)c2c(c1C(=O)c1ccccc1)OC[C@@H]2c1ccc(C(C)C)cc1. The van der Waals surface area contributed by atoms with E-state index in [1.807, 2.05) is 65.0 Å². The van der Waals surface area contributed by atoms with Gasteiger partial charge in [-0.25, -0.2) is 0 Å². The number of anilines is 1. The number of rotatable bonds is 6. The molecule has 0 spiro atoms. The molecule has 0 saturated heterocycles. The maximum absolute atomic E-state index is 13.8. The Hall–Kier alpha value is -3.40. The lowest BCUT2D eigenvalue weighted by atomic mass is 9.84. The first-order valence-corrected chi connectivity index (χ1v) is 12.8. The number of fused-ring (bicyclic) bond motifs is 1. The number of hydrogen-bond donors (Lipinski definition) is 1. The molecule has 1 amide bonds. The van der Waals surface area contributed by atoms with Gasteiger partial charge in [-0.2, -0.15) is 0 Å².